The van der Waals surface area contributed by atoms with Gasteiger partial charge in [0.2, 0.25) is 0 Å². The first kappa shape index (κ1) is 9.41. The van der Waals surface area contributed by atoms with Gasteiger partial charge in [-0.05, 0) is 30.4 Å². The number of benzene rings is 1. The van der Waals surface area contributed by atoms with Crippen LogP contribution in [0.3, 0.4) is 0 Å². The second kappa shape index (κ2) is 4.38. The van der Waals surface area contributed by atoms with Gasteiger partial charge in [0, 0.05) is 6.04 Å². The first-order valence-electron chi connectivity index (χ1n) is 5.16. The Kier molecular flexibility index (Phi) is 2.94. The van der Waals surface area contributed by atoms with Crippen LogP contribution in [-0.2, 0) is 11.2 Å². The number of hydrogen-bond acceptors (Lipinski definition) is 2. The summed E-state index contributed by atoms with van der Waals surface area (Å²) in [4.78, 5) is 10.3. The third-order valence-corrected chi connectivity index (χ3v) is 2.82. The fourth-order valence-electron chi connectivity index (χ4n) is 2.16. The van der Waals surface area contributed by atoms with Gasteiger partial charge in [-0.25, -0.2) is 0 Å². The molecule has 2 heteroatoms. The molecule has 0 aromatic heterocycles. The molecule has 74 valence electrons. The van der Waals surface area contributed by atoms with E-state index in [9.17, 15) is 4.79 Å². The molecule has 0 amide bonds. The number of carbonyl (C=O) groups excluding carboxylic acids is 1. The van der Waals surface area contributed by atoms with Crippen molar-refractivity contribution in [3.05, 3.63) is 35.4 Å². The largest absolute Gasteiger partial charge is 0.303 e. The van der Waals surface area contributed by atoms with Crippen molar-refractivity contribution in [3.63, 3.8) is 0 Å². The fraction of sp³-hybridized carbons (Fsp3) is 0.417. The van der Waals surface area contributed by atoms with Crippen LogP contribution in [0.1, 0.15) is 30.0 Å². The van der Waals surface area contributed by atoms with E-state index in [1.807, 2.05) is 0 Å². The highest BCUT2D eigenvalue weighted by Gasteiger charge is 2.18. The van der Waals surface area contributed by atoms with E-state index in [0.29, 0.717) is 12.6 Å². The van der Waals surface area contributed by atoms with E-state index in [2.05, 4.69) is 29.6 Å². The monoisotopic (exact) mass is 189 g/mol. The summed E-state index contributed by atoms with van der Waals surface area (Å²) in [5.41, 5.74) is 2.81. The van der Waals surface area contributed by atoms with Gasteiger partial charge in [-0.1, -0.05) is 24.3 Å². The maximum Gasteiger partial charge on any atom is 0.133 e. The van der Waals surface area contributed by atoms with Crippen LogP contribution in [0, 0.1) is 0 Å². The molecule has 1 aromatic carbocycles. The van der Waals surface area contributed by atoms with Crippen molar-refractivity contribution >= 4 is 6.29 Å². The Morgan fingerprint density at radius 1 is 1.43 bits per heavy atom. The summed E-state index contributed by atoms with van der Waals surface area (Å²) in [5.74, 6) is 0. The molecule has 2 rings (SSSR count). The summed E-state index contributed by atoms with van der Waals surface area (Å²) >= 11 is 0. The van der Waals surface area contributed by atoms with Crippen LogP contribution < -0.4 is 5.32 Å². The number of hydrogen-bond donors (Lipinski definition) is 1. The first-order valence-corrected chi connectivity index (χ1v) is 5.16. The number of fused-ring (bicyclic) bond motifs is 1. The van der Waals surface area contributed by atoms with Gasteiger partial charge in [0.05, 0.1) is 6.54 Å². The van der Waals surface area contributed by atoms with Crippen molar-refractivity contribution in [1.29, 1.82) is 0 Å². The van der Waals surface area contributed by atoms with Gasteiger partial charge in [0.25, 0.3) is 0 Å². The molecule has 1 aliphatic rings. The highest BCUT2D eigenvalue weighted by molar-refractivity contribution is 5.52. The van der Waals surface area contributed by atoms with Crippen molar-refractivity contribution in [1.82, 2.24) is 5.32 Å². The van der Waals surface area contributed by atoms with E-state index >= 15 is 0 Å². The number of nitrogens with one attached hydrogen (secondary N) is 1. The number of aldehydes is 1. The van der Waals surface area contributed by atoms with E-state index in [0.717, 1.165) is 12.7 Å². The lowest BCUT2D eigenvalue weighted by Gasteiger charge is -2.25. The summed E-state index contributed by atoms with van der Waals surface area (Å²) < 4.78 is 0. The van der Waals surface area contributed by atoms with Gasteiger partial charge in [-0.2, -0.15) is 0 Å². The smallest absolute Gasteiger partial charge is 0.133 e. The van der Waals surface area contributed by atoms with Gasteiger partial charge < -0.3 is 10.1 Å². The molecule has 0 bridgehead atoms. The maximum atomic E-state index is 10.3. The molecule has 0 spiro atoms. The molecule has 0 fully saturated rings. The average Bonchev–Trinajstić information content (AvgIpc) is 2.26. The molecule has 2 nitrogen and oxygen atoms in total. The van der Waals surface area contributed by atoms with E-state index in [-0.39, 0.29) is 0 Å². The van der Waals surface area contributed by atoms with Crippen molar-refractivity contribution in [3.8, 4) is 0 Å². The molecule has 0 aliphatic heterocycles. The van der Waals surface area contributed by atoms with Gasteiger partial charge in [0.15, 0.2) is 0 Å². The normalized spacial score (nSPS) is 20.1. The van der Waals surface area contributed by atoms with E-state index in [1.165, 1.54) is 24.0 Å². The third kappa shape index (κ3) is 1.85. The zero-order valence-corrected chi connectivity index (χ0v) is 8.20. The Morgan fingerprint density at radius 3 is 3.14 bits per heavy atom. The molecule has 1 N–H and O–H groups in total. The third-order valence-electron chi connectivity index (χ3n) is 2.82. The summed E-state index contributed by atoms with van der Waals surface area (Å²) in [6.07, 6.45) is 4.46. The standard InChI is InChI=1S/C12H15NO/c14-9-8-13-12-7-3-5-10-4-1-2-6-11(10)12/h1-2,4,6,9,12-13H,3,5,7-8H2/t12-/m1/s1. The number of aryl methyl sites for hydroxylation is 1. The number of carbonyl (C=O) groups is 1. The second-order valence-electron chi connectivity index (χ2n) is 3.72. The van der Waals surface area contributed by atoms with E-state index in [1.54, 1.807) is 0 Å². The molecule has 0 saturated carbocycles. The van der Waals surface area contributed by atoms with Crippen LogP contribution in [0.5, 0.6) is 0 Å². The Labute approximate surface area is 84.3 Å². The zero-order valence-electron chi connectivity index (χ0n) is 8.20. The van der Waals surface area contributed by atoms with Gasteiger partial charge >= 0.3 is 0 Å². The van der Waals surface area contributed by atoms with Crippen LogP contribution in [0.2, 0.25) is 0 Å². The minimum Gasteiger partial charge on any atom is -0.303 e. The zero-order chi connectivity index (χ0) is 9.80. The van der Waals surface area contributed by atoms with Crippen LogP contribution in [0.4, 0.5) is 0 Å². The van der Waals surface area contributed by atoms with Crippen LogP contribution in [0.25, 0.3) is 0 Å². The first-order chi connectivity index (χ1) is 6.92. The predicted molar refractivity (Wildman–Crippen MR) is 56.2 cm³/mol. The summed E-state index contributed by atoms with van der Waals surface area (Å²) in [6.45, 7) is 0.457. The molecule has 0 heterocycles. The Bertz CT molecular complexity index is 322. The lowest BCUT2D eigenvalue weighted by Crippen LogP contribution is -2.26. The second-order valence-corrected chi connectivity index (χ2v) is 3.72. The molecule has 1 aliphatic carbocycles. The molecule has 1 aromatic rings. The molecular formula is C12H15NO. The minimum atomic E-state index is 0.380. The van der Waals surface area contributed by atoms with Gasteiger partial charge in [-0.15, -0.1) is 0 Å². The maximum absolute atomic E-state index is 10.3. The highest BCUT2D eigenvalue weighted by Crippen LogP contribution is 2.28. The van der Waals surface area contributed by atoms with E-state index in [4.69, 9.17) is 0 Å². The minimum absolute atomic E-state index is 0.380. The molecule has 0 radical (unpaired) electrons. The van der Waals surface area contributed by atoms with Crippen molar-refractivity contribution < 1.29 is 4.79 Å². The van der Waals surface area contributed by atoms with Gasteiger partial charge in [0.1, 0.15) is 6.29 Å². The fourth-order valence-corrected chi connectivity index (χ4v) is 2.16. The Hall–Kier alpha value is -1.15. The lowest BCUT2D eigenvalue weighted by molar-refractivity contribution is -0.107. The Balaban J connectivity index is 2.17. The number of rotatable bonds is 3. The topological polar surface area (TPSA) is 29.1 Å². The van der Waals surface area contributed by atoms with Crippen LogP contribution in [0.15, 0.2) is 24.3 Å². The van der Waals surface area contributed by atoms with E-state index < -0.39 is 0 Å². The van der Waals surface area contributed by atoms with Crippen molar-refractivity contribution in [2.45, 2.75) is 25.3 Å². The Morgan fingerprint density at radius 2 is 2.29 bits per heavy atom. The lowest BCUT2D eigenvalue weighted by atomic mass is 9.88. The van der Waals surface area contributed by atoms with Crippen molar-refractivity contribution in [2.75, 3.05) is 6.54 Å². The summed E-state index contributed by atoms with van der Waals surface area (Å²) in [5, 5.41) is 3.26. The molecular weight excluding hydrogens is 174 g/mol. The van der Waals surface area contributed by atoms with Crippen molar-refractivity contribution in [2.24, 2.45) is 0 Å². The highest BCUT2D eigenvalue weighted by atomic mass is 16.1. The molecule has 1 atom stereocenters. The summed E-state index contributed by atoms with van der Waals surface area (Å²) in [7, 11) is 0. The van der Waals surface area contributed by atoms with Crippen LogP contribution >= 0.6 is 0 Å². The molecule has 0 saturated heterocycles. The van der Waals surface area contributed by atoms with Gasteiger partial charge in [-0.3, -0.25) is 0 Å². The van der Waals surface area contributed by atoms with Crippen LogP contribution in [-0.4, -0.2) is 12.8 Å². The molecule has 0 unspecified atom stereocenters. The molecule has 14 heavy (non-hydrogen) atoms. The average molecular weight is 189 g/mol. The SMILES string of the molecule is O=CCN[C@@H]1CCCc2ccccc21. The quantitative estimate of drug-likeness (QED) is 0.735. The summed E-state index contributed by atoms with van der Waals surface area (Å²) in [6, 6.07) is 8.88. The predicted octanol–water partition coefficient (Wildman–Crippen LogP) is 1.85.